The van der Waals surface area contributed by atoms with Crippen molar-refractivity contribution in [2.75, 3.05) is 11.9 Å². The van der Waals surface area contributed by atoms with Gasteiger partial charge in [-0.3, -0.25) is 9.59 Å². The minimum atomic E-state index is -3.89. The Bertz CT molecular complexity index is 1050. The van der Waals surface area contributed by atoms with Gasteiger partial charge in [-0.25, -0.2) is 13.1 Å². The van der Waals surface area contributed by atoms with Crippen LogP contribution >= 0.6 is 34.8 Å². The Kier molecular flexibility index (Phi) is 6.70. The number of nitrogens with one attached hydrogen (secondary N) is 3. The maximum absolute atomic E-state index is 12.4. The van der Waals surface area contributed by atoms with E-state index in [1.165, 1.54) is 6.07 Å². The highest BCUT2D eigenvalue weighted by molar-refractivity contribution is 7.89. The molecular formula is C18H16Cl3N3O4S. The predicted octanol–water partition coefficient (Wildman–Crippen LogP) is 3.46. The van der Waals surface area contributed by atoms with Gasteiger partial charge in [0.15, 0.2) is 0 Å². The molecule has 0 heterocycles. The average Bonchev–Trinajstić information content (AvgIpc) is 3.44. The van der Waals surface area contributed by atoms with Crippen LogP contribution < -0.4 is 15.4 Å². The largest absolute Gasteiger partial charge is 0.343 e. The van der Waals surface area contributed by atoms with Crippen molar-refractivity contribution in [1.29, 1.82) is 0 Å². The Hall–Kier alpha value is -1.84. The molecule has 3 N–H and O–H groups in total. The second-order valence-electron chi connectivity index (χ2n) is 6.40. The van der Waals surface area contributed by atoms with Crippen molar-refractivity contribution in [2.45, 2.75) is 23.8 Å². The van der Waals surface area contributed by atoms with E-state index in [4.69, 9.17) is 34.8 Å². The molecule has 0 unspecified atom stereocenters. The topological polar surface area (TPSA) is 104 Å². The maximum Gasteiger partial charge on any atom is 0.253 e. The van der Waals surface area contributed by atoms with Crippen molar-refractivity contribution in [2.24, 2.45) is 0 Å². The highest BCUT2D eigenvalue weighted by Gasteiger charge is 2.30. The van der Waals surface area contributed by atoms with Gasteiger partial charge in [-0.1, -0.05) is 34.8 Å². The summed E-state index contributed by atoms with van der Waals surface area (Å²) in [5, 5.41) is 5.39. The van der Waals surface area contributed by atoms with Crippen molar-refractivity contribution in [1.82, 2.24) is 10.0 Å². The Morgan fingerprint density at radius 3 is 2.28 bits per heavy atom. The van der Waals surface area contributed by atoms with Gasteiger partial charge in [0.1, 0.15) is 4.90 Å². The zero-order valence-electron chi connectivity index (χ0n) is 14.8. The monoisotopic (exact) mass is 475 g/mol. The van der Waals surface area contributed by atoms with E-state index in [1.807, 2.05) is 0 Å². The average molecular weight is 477 g/mol. The van der Waals surface area contributed by atoms with Crippen LogP contribution in [0.25, 0.3) is 0 Å². The van der Waals surface area contributed by atoms with E-state index in [1.54, 1.807) is 24.3 Å². The number of rotatable bonds is 7. The second kappa shape index (κ2) is 8.89. The Morgan fingerprint density at radius 1 is 1.00 bits per heavy atom. The third-order valence-corrected chi connectivity index (χ3v) is 6.54. The summed E-state index contributed by atoms with van der Waals surface area (Å²) in [4.78, 5) is 24.2. The maximum atomic E-state index is 12.4. The van der Waals surface area contributed by atoms with E-state index in [9.17, 15) is 18.0 Å². The van der Waals surface area contributed by atoms with Crippen molar-refractivity contribution in [3.63, 3.8) is 0 Å². The predicted molar refractivity (Wildman–Crippen MR) is 112 cm³/mol. The van der Waals surface area contributed by atoms with E-state index in [0.717, 1.165) is 18.9 Å². The van der Waals surface area contributed by atoms with Gasteiger partial charge in [0.05, 0.1) is 22.2 Å². The van der Waals surface area contributed by atoms with Crippen LogP contribution in [0.5, 0.6) is 0 Å². The van der Waals surface area contributed by atoms with Crippen LogP contribution in [0.3, 0.4) is 0 Å². The van der Waals surface area contributed by atoms with Gasteiger partial charge in [-0.15, -0.1) is 0 Å². The lowest BCUT2D eigenvalue weighted by atomic mass is 10.2. The number of carbonyl (C=O) groups excluding carboxylic acids is 2. The fourth-order valence-corrected chi connectivity index (χ4v) is 4.68. The first-order chi connectivity index (χ1) is 13.7. The lowest BCUT2D eigenvalue weighted by Gasteiger charge is -2.12. The fraction of sp³-hybridized carbons (Fsp3) is 0.222. The molecule has 0 bridgehead atoms. The molecule has 1 aliphatic rings. The Labute approximate surface area is 182 Å². The van der Waals surface area contributed by atoms with Gasteiger partial charge < -0.3 is 10.6 Å². The summed E-state index contributed by atoms with van der Waals surface area (Å²) in [6.45, 7) is -0.344. The molecule has 3 rings (SSSR count). The van der Waals surface area contributed by atoms with Gasteiger partial charge in [0, 0.05) is 16.8 Å². The van der Waals surface area contributed by atoms with Gasteiger partial charge >= 0.3 is 0 Å². The van der Waals surface area contributed by atoms with Gasteiger partial charge in [0.2, 0.25) is 15.9 Å². The molecule has 1 saturated carbocycles. The minimum Gasteiger partial charge on any atom is -0.343 e. The zero-order valence-corrected chi connectivity index (χ0v) is 17.9. The molecule has 0 saturated heterocycles. The lowest BCUT2D eigenvalue weighted by molar-refractivity contribution is -0.115. The van der Waals surface area contributed by atoms with E-state index >= 15 is 0 Å². The normalized spacial score (nSPS) is 13.8. The molecule has 0 aromatic heterocycles. The first kappa shape index (κ1) is 21.9. The molecule has 154 valence electrons. The summed E-state index contributed by atoms with van der Waals surface area (Å²) in [6, 6.07) is 8.61. The molecule has 2 amide bonds. The summed E-state index contributed by atoms with van der Waals surface area (Å²) < 4.78 is 27.4. The molecule has 7 nitrogen and oxygen atoms in total. The first-order valence-electron chi connectivity index (χ1n) is 8.51. The van der Waals surface area contributed by atoms with E-state index < -0.39 is 21.8 Å². The summed E-state index contributed by atoms with van der Waals surface area (Å²) >= 11 is 17.8. The second-order valence-corrected chi connectivity index (χ2v) is 9.33. The lowest BCUT2D eigenvalue weighted by Crippen LogP contribution is -2.33. The molecule has 2 aromatic carbocycles. The zero-order chi connectivity index (χ0) is 21.2. The summed E-state index contributed by atoms with van der Waals surface area (Å²) in [5.74, 6) is -1.19. The third kappa shape index (κ3) is 5.83. The van der Waals surface area contributed by atoms with E-state index in [-0.39, 0.29) is 33.1 Å². The Balaban J connectivity index is 1.69. The fourth-order valence-electron chi connectivity index (χ4n) is 2.39. The van der Waals surface area contributed by atoms with Crippen LogP contribution in [0.15, 0.2) is 41.3 Å². The van der Waals surface area contributed by atoms with E-state index in [0.29, 0.717) is 10.7 Å². The number of anilines is 1. The molecular weight excluding hydrogens is 461 g/mol. The molecule has 11 heteroatoms. The van der Waals surface area contributed by atoms with Crippen LogP contribution in [0, 0.1) is 0 Å². The molecule has 1 fully saturated rings. The minimum absolute atomic E-state index is 0.0315. The molecule has 1 aliphatic carbocycles. The van der Waals surface area contributed by atoms with Crippen molar-refractivity contribution in [3.05, 3.63) is 57.0 Å². The van der Waals surface area contributed by atoms with E-state index in [2.05, 4.69) is 15.4 Å². The van der Waals surface area contributed by atoms with Gasteiger partial charge in [-0.05, 0) is 49.2 Å². The molecule has 0 aliphatic heterocycles. The van der Waals surface area contributed by atoms with Crippen LogP contribution in [0.4, 0.5) is 5.69 Å². The van der Waals surface area contributed by atoms with Crippen LogP contribution in [0.2, 0.25) is 15.1 Å². The quantitative estimate of drug-likeness (QED) is 0.569. The molecule has 0 spiro atoms. The highest BCUT2D eigenvalue weighted by Crippen LogP contribution is 2.30. The molecule has 2 aromatic rings. The standard InChI is InChI=1S/C18H16Cl3N3O4S/c19-10-1-3-11(4-2-10)23-17(25)9-22-18(26)13-7-16(15(21)8-14(13)20)29(27,28)24-12-5-6-12/h1-4,7-8,12,24H,5-6,9H2,(H,22,26)(H,23,25). The first-order valence-corrected chi connectivity index (χ1v) is 11.1. The van der Waals surface area contributed by atoms with Crippen LogP contribution in [-0.2, 0) is 14.8 Å². The number of benzene rings is 2. The Morgan fingerprint density at radius 2 is 1.66 bits per heavy atom. The summed E-state index contributed by atoms with van der Waals surface area (Å²) in [7, 11) is -3.89. The summed E-state index contributed by atoms with van der Waals surface area (Å²) in [5.41, 5.74) is 0.407. The third-order valence-electron chi connectivity index (χ3n) is 3.99. The van der Waals surface area contributed by atoms with Crippen molar-refractivity contribution < 1.29 is 18.0 Å². The SMILES string of the molecule is O=C(CNC(=O)c1cc(S(=O)(=O)NC2CC2)c(Cl)cc1Cl)Nc1ccc(Cl)cc1. The molecule has 29 heavy (non-hydrogen) atoms. The van der Waals surface area contributed by atoms with Crippen LogP contribution in [-0.4, -0.2) is 32.8 Å². The van der Waals surface area contributed by atoms with Crippen molar-refractivity contribution >= 4 is 62.3 Å². The number of carbonyl (C=O) groups is 2. The van der Waals surface area contributed by atoms with Gasteiger partial charge in [-0.2, -0.15) is 0 Å². The van der Waals surface area contributed by atoms with Gasteiger partial charge in [0.25, 0.3) is 5.91 Å². The molecule has 0 radical (unpaired) electrons. The smallest absolute Gasteiger partial charge is 0.253 e. The van der Waals surface area contributed by atoms with Crippen molar-refractivity contribution in [3.8, 4) is 0 Å². The number of hydrogen-bond acceptors (Lipinski definition) is 4. The number of amides is 2. The number of hydrogen-bond donors (Lipinski definition) is 3. The number of sulfonamides is 1. The summed E-state index contributed by atoms with van der Waals surface area (Å²) in [6.07, 6.45) is 1.50. The molecule has 0 atom stereocenters. The number of halogens is 3. The van der Waals surface area contributed by atoms with Crippen LogP contribution in [0.1, 0.15) is 23.2 Å². The highest BCUT2D eigenvalue weighted by atomic mass is 35.5.